The van der Waals surface area contributed by atoms with Crippen molar-refractivity contribution in [3.8, 4) is 0 Å². The van der Waals surface area contributed by atoms with E-state index in [1.54, 1.807) is 25.2 Å². The Morgan fingerprint density at radius 3 is 2.85 bits per heavy atom. The quantitative estimate of drug-likeness (QED) is 0.501. The van der Waals surface area contributed by atoms with Crippen LogP contribution in [0.15, 0.2) is 37.0 Å². The third-order valence-electron chi connectivity index (χ3n) is 1.54. The molecule has 0 saturated carbocycles. The van der Waals surface area contributed by atoms with Crippen molar-refractivity contribution in [1.29, 1.82) is 0 Å². The van der Waals surface area contributed by atoms with Crippen LogP contribution in [0.2, 0.25) is 0 Å². The lowest BCUT2D eigenvalue weighted by molar-refractivity contribution is -0.122. The molecule has 0 radical (unpaired) electrons. The molecule has 2 heteroatoms. The summed E-state index contributed by atoms with van der Waals surface area (Å²) in [5.41, 5.74) is 0. The van der Waals surface area contributed by atoms with Gasteiger partial charge in [0.1, 0.15) is 6.10 Å². The molecule has 0 rings (SSSR count). The van der Waals surface area contributed by atoms with Gasteiger partial charge in [-0.15, -0.1) is 0 Å². The summed E-state index contributed by atoms with van der Waals surface area (Å²) in [4.78, 5) is 11.0. The standard InChI is InChI=1S/C11H16O2/c1-3-5-6-7-9-11(13)10(12)8-4-2/h3-6,8,11,13H,1,7,9H2,2H3/b6-5+,8-4+. The molecule has 0 fully saturated rings. The minimum Gasteiger partial charge on any atom is -0.385 e. The Morgan fingerprint density at radius 1 is 1.62 bits per heavy atom. The molecule has 0 saturated heterocycles. The first kappa shape index (κ1) is 11.8. The van der Waals surface area contributed by atoms with Gasteiger partial charge in [-0.25, -0.2) is 0 Å². The molecular weight excluding hydrogens is 164 g/mol. The summed E-state index contributed by atoms with van der Waals surface area (Å²) in [6.45, 7) is 5.27. The summed E-state index contributed by atoms with van der Waals surface area (Å²) in [5.74, 6) is -0.227. The van der Waals surface area contributed by atoms with Crippen LogP contribution in [0.4, 0.5) is 0 Å². The van der Waals surface area contributed by atoms with Gasteiger partial charge in [0, 0.05) is 0 Å². The molecular formula is C11H16O2. The molecule has 0 spiro atoms. The molecule has 13 heavy (non-hydrogen) atoms. The van der Waals surface area contributed by atoms with Crippen molar-refractivity contribution in [2.75, 3.05) is 0 Å². The van der Waals surface area contributed by atoms with E-state index in [4.69, 9.17) is 0 Å². The number of hydrogen-bond acceptors (Lipinski definition) is 2. The summed E-state index contributed by atoms with van der Waals surface area (Å²) in [6.07, 6.45) is 8.65. The van der Waals surface area contributed by atoms with Crippen molar-refractivity contribution in [2.24, 2.45) is 0 Å². The molecule has 1 unspecified atom stereocenters. The second-order valence-electron chi connectivity index (χ2n) is 2.66. The van der Waals surface area contributed by atoms with Crippen molar-refractivity contribution in [1.82, 2.24) is 0 Å². The molecule has 0 heterocycles. The Hall–Kier alpha value is -1.15. The predicted octanol–water partition coefficient (Wildman–Crippen LogP) is 2.01. The zero-order valence-electron chi connectivity index (χ0n) is 7.94. The molecule has 0 aliphatic heterocycles. The molecule has 0 aromatic rings. The smallest absolute Gasteiger partial charge is 0.183 e. The van der Waals surface area contributed by atoms with Crippen LogP contribution < -0.4 is 0 Å². The highest BCUT2D eigenvalue weighted by Crippen LogP contribution is 2.00. The van der Waals surface area contributed by atoms with Gasteiger partial charge in [-0.05, 0) is 25.8 Å². The van der Waals surface area contributed by atoms with Crippen LogP contribution in [0.1, 0.15) is 19.8 Å². The maximum absolute atomic E-state index is 11.0. The van der Waals surface area contributed by atoms with Crippen LogP contribution in [0.3, 0.4) is 0 Å². The highest BCUT2D eigenvalue weighted by Gasteiger charge is 2.09. The van der Waals surface area contributed by atoms with Crippen molar-refractivity contribution in [3.63, 3.8) is 0 Å². The lowest BCUT2D eigenvalue weighted by Gasteiger charge is -2.03. The van der Waals surface area contributed by atoms with Crippen LogP contribution in [-0.4, -0.2) is 17.0 Å². The number of rotatable bonds is 6. The Morgan fingerprint density at radius 2 is 2.31 bits per heavy atom. The zero-order valence-corrected chi connectivity index (χ0v) is 7.94. The number of aliphatic hydroxyl groups is 1. The van der Waals surface area contributed by atoms with E-state index in [0.29, 0.717) is 12.8 Å². The Labute approximate surface area is 79.3 Å². The van der Waals surface area contributed by atoms with Crippen LogP contribution in [-0.2, 0) is 4.79 Å². The fourth-order valence-electron chi connectivity index (χ4n) is 0.864. The monoisotopic (exact) mass is 180 g/mol. The summed E-state index contributed by atoms with van der Waals surface area (Å²) >= 11 is 0. The minimum absolute atomic E-state index is 0.227. The lowest BCUT2D eigenvalue weighted by Crippen LogP contribution is -2.17. The van der Waals surface area contributed by atoms with Gasteiger partial charge < -0.3 is 5.11 Å². The third-order valence-corrected chi connectivity index (χ3v) is 1.54. The molecule has 1 atom stereocenters. The normalized spacial score (nSPS) is 13.7. The van der Waals surface area contributed by atoms with Gasteiger partial charge in [-0.2, -0.15) is 0 Å². The fourth-order valence-corrected chi connectivity index (χ4v) is 0.864. The van der Waals surface area contributed by atoms with E-state index in [9.17, 15) is 9.90 Å². The molecule has 1 N–H and O–H groups in total. The van der Waals surface area contributed by atoms with Crippen LogP contribution in [0.25, 0.3) is 0 Å². The Bertz CT molecular complexity index is 214. The van der Waals surface area contributed by atoms with E-state index in [2.05, 4.69) is 6.58 Å². The predicted molar refractivity (Wildman–Crippen MR) is 54.4 cm³/mol. The van der Waals surface area contributed by atoms with Crippen molar-refractivity contribution >= 4 is 5.78 Å². The van der Waals surface area contributed by atoms with E-state index in [1.807, 2.05) is 6.08 Å². The number of aliphatic hydroxyl groups excluding tert-OH is 1. The second kappa shape index (κ2) is 7.50. The lowest BCUT2D eigenvalue weighted by atomic mass is 10.1. The number of ketones is 1. The fraction of sp³-hybridized carbons (Fsp3) is 0.364. The van der Waals surface area contributed by atoms with Crippen LogP contribution >= 0.6 is 0 Å². The summed E-state index contributed by atoms with van der Waals surface area (Å²) in [6, 6.07) is 0. The largest absolute Gasteiger partial charge is 0.385 e. The minimum atomic E-state index is -0.870. The molecule has 0 aliphatic carbocycles. The van der Waals surface area contributed by atoms with Gasteiger partial charge >= 0.3 is 0 Å². The average Bonchev–Trinajstić information content (AvgIpc) is 2.12. The SMILES string of the molecule is C=C/C=C/CCC(O)C(=O)/C=C/C. The number of hydrogen-bond donors (Lipinski definition) is 1. The van der Waals surface area contributed by atoms with E-state index in [1.165, 1.54) is 6.08 Å². The molecule has 0 bridgehead atoms. The number of allylic oxidation sites excluding steroid dienone is 4. The average molecular weight is 180 g/mol. The maximum atomic E-state index is 11.0. The second-order valence-corrected chi connectivity index (χ2v) is 2.66. The summed E-state index contributed by atoms with van der Waals surface area (Å²) in [5, 5.41) is 9.29. The molecule has 2 nitrogen and oxygen atoms in total. The van der Waals surface area contributed by atoms with E-state index in [-0.39, 0.29) is 5.78 Å². The Kier molecular flexibility index (Phi) is 6.83. The molecule has 0 aliphatic rings. The van der Waals surface area contributed by atoms with Crippen molar-refractivity contribution in [3.05, 3.63) is 37.0 Å². The highest BCUT2D eigenvalue weighted by atomic mass is 16.3. The maximum Gasteiger partial charge on any atom is 0.183 e. The molecule has 0 aromatic heterocycles. The van der Waals surface area contributed by atoms with Gasteiger partial charge in [0.2, 0.25) is 0 Å². The van der Waals surface area contributed by atoms with Crippen LogP contribution in [0.5, 0.6) is 0 Å². The Balaban J connectivity index is 3.73. The highest BCUT2D eigenvalue weighted by molar-refractivity contribution is 5.93. The topological polar surface area (TPSA) is 37.3 Å². The van der Waals surface area contributed by atoms with Gasteiger partial charge in [0.15, 0.2) is 5.78 Å². The van der Waals surface area contributed by atoms with Gasteiger partial charge in [-0.3, -0.25) is 4.79 Å². The van der Waals surface area contributed by atoms with Gasteiger partial charge in [-0.1, -0.05) is 30.9 Å². The number of carbonyl (C=O) groups is 1. The summed E-state index contributed by atoms with van der Waals surface area (Å²) < 4.78 is 0. The zero-order chi connectivity index (χ0) is 10.1. The first-order valence-electron chi connectivity index (χ1n) is 4.34. The van der Waals surface area contributed by atoms with Crippen molar-refractivity contribution < 1.29 is 9.90 Å². The van der Waals surface area contributed by atoms with Gasteiger partial charge in [0.05, 0.1) is 0 Å². The molecule has 0 amide bonds. The molecule has 72 valence electrons. The van der Waals surface area contributed by atoms with E-state index in [0.717, 1.165) is 0 Å². The van der Waals surface area contributed by atoms with E-state index < -0.39 is 6.10 Å². The first-order chi connectivity index (χ1) is 6.22. The summed E-state index contributed by atoms with van der Waals surface area (Å²) in [7, 11) is 0. The third kappa shape index (κ3) is 6.05. The van der Waals surface area contributed by atoms with Gasteiger partial charge in [0.25, 0.3) is 0 Å². The number of carbonyl (C=O) groups excluding carboxylic acids is 1. The van der Waals surface area contributed by atoms with E-state index >= 15 is 0 Å². The van der Waals surface area contributed by atoms with Crippen molar-refractivity contribution in [2.45, 2.75) is 25.9 Å². The van der Waals surface area contributed by atoms with Crippen LogP contribution in [0, 0.1) is 0 Å². The first-order valence-corrected chi connectivity index (χ1v) is 4.34. The molecule has 0 aromatic carbocycles.